The van der Waals surface area contributed by atoms with Crippen LogP contribution in [0.3, 0.4) is 0 Å². The Morgan fingerprint density at radius 3 is 2.58 bits per heavy atom. The van der Waals surface area contributed by atoms with Crippen LogP contribution in [0.25, 0.3) is 10.8 Å². The molecule has 7 nitrogen and oxygen atoms in total. The fraction of sp³-hybridized carbons (Fsp3) is 0.105. The number of hydrogen-bond donors (Lipinski definition) is 1. The predicted molar refractivity (Wildman–Crippen MR) is 97.9 cm³/mol. The molecule has 128 valence electrons. The maximum Gasteiger partial charge on any atom is 0.292 e. The van der Waals surface area contributed by atoms with Crippen molar-refractivity contribution in [2.24, 2.45) is 5.10 Å². The van der Waals surface area contributed by atoms with Crippen LogP contribution in [-0.2, 0) is 6.54 Å². The summed E-state index contributed by atoms with van der Waals surface area (Å²) in [7, 11) is 0. The molecule has 0 fully saturated rings. The first-order chi connectivity index (χ1) is 12.6. The number of nitrogens with zero attached hydrogens (tertiary/aromatic N) is 4. The van der Waals surface area contributed by atoms with Gasteiger partial charge in [-0.15, -0.1) is 0 Å². The van der Waals surface area contributed by atoms with Gasteiger partial charge in [0.1, 0.15) is 0 Å². The number of amides is 1. The molecule has 0 saturated carbocycles. The summed E-state index contributed by atoms with van der Waals surface area (Å²) in [5.41, 5.74) is 3.61. The fourth-order valence-electron chi connectivity index (χ4n) is 2.48. The Morgan fingerprint density at radius 2 is 1.92 bits per heavy atom. The minimum atomic E-state index is -0.506. The van der Waals surface area contributed by atoms with Crippen LogP contribution in [0.1, 0.15) is 28.5 Å². The first-order valence-corrected chi connectivity index (χ1v) is 7.97. The molecule has 26 heavy (non-hydrogen) atoms. The van der Waals surface area contributed by atoms with Crippen LogP contribution < -0.4 is 11.0 Å². The van der Waals surface area contributed by atoms with Gasteiger partial charge in [0.25, 0.3) is 11.5 Å². The minimum absolute atomic E-state index is 0.138. The lowest BCUT2D eigenvalue weighted by Gasteiger charge is -2.08. The molecule has 3 rings (SSSR count). The standard InChI is InChI=1S/C19H15N5O2/c1-2-24-19(26)16-6-4-3-5-15(16)17(23-24)18(25)22-21-12-14-9-7-13(11-20)8-10-14/h3-10,12H,2H2,1H3,(H,22,25)/b21-12+. The van der Waals surface area contributed by atoms with Crippen molar-refractivity contribution in [3.8, 4) is 6.07 Å². The lowest BCUT2D eigenvalue weighted by atomic mass is 10.1. The van der Waals surface area contributed by atoms with E-state index in [0.717, 1.165) is 5.56 Å². The van der Waals surface area contributed by atoms with Gasteiger partial charge < -0.3 is 0 Å². The van der Waals surface area contributed by atoms with Crippen molar-refractivity contribution in [2.75, 3.05) is 0 Å². The molecule has 0 aliphatic rings. The molecular weight excluding hydrogens is 330 g/mol. The maximum absolute atomic E-state index is 12.5. The van der Waals surface area contributed by atoms with Crippen LogP contribution >= 0.6 is 0 Å². The number of hydrazone groups is 1. The van der Waals surface area contributed by atoms with Crippen molar-refractivity contribution in [1.29, 1.82) is 5.26 Å². The van der Waals surface area contributed by atoms with E-state index in [-0.39, 0.29) is 11.3 Å². The monoisotopic (exact) mass is 345 g/mol. The molecule has 3 aromatic rings. The van der Waals surface area contributed by atoms with Crippen LogP contribution in [0.5, 0.6) is 0 Å². The highest BCUT2D eigenvalue weighted by Gasteiger charge is 2.15. The molecule has 0 saturated heterocycles. The number of carbonyl (C=O) groups is 1. The zero-order valence-corrected chi connectivity index (χ0v) is 14.0. The quantitative estimate of drug-likeness (QED) is 0.578. The molecule has 0 bridgehead atoms. The summed E-state index contributed by atoms with van der Waals surface area (Å²) in [4.78, 5) is 24.8. The Balaban J connectivity index is 1.88. The Morgan fingerprint density at radius 1 is 1.23 bits per heavy atom. The number of nitrogens with one attached hydrogen (secondary N) is 1. The van der Waals surface area contributed by atoms with Gasteiger partial charge in [0.15, 0.2) is 5.69 Å². The van der Waals surface area contributed by atoms with Crippen molar-refractivity contribution in [3.63, 3.8) is 0 Å². The number of benzene rings is 2. The van der Waals surface area contributed by atoms with Gasteiger partial charge in [-0.25, -0.2) is 10.1 Å². The van der Waals surface area contributed by atoms with Crippen molar-refractivity contribution in [3.05, 3.63) is 75.7 Å². The second-order valence-electron chi connectivity index (χ2n) is 5.45. The van der Waals surface area contributed by atoms with Crippen molar-refractivity contribution >= 4 is 22.9 Å². The molecular formula is C19H15N5O2. The third kappa shape index (κ3) is 3.35. The maximum atomic E-state index is 12.5. The topological polar surface area (TPSA) is 100 Å². The lowest BCUT2D eigenvalue weighted by molar-refractivity contribution is 0.0949. The van der Waals surface area contributed by atoms with Gasteiger partial charge >= 0.3 is 0 Å². The number of nitriles is 1. The Kier molecular flexibility index (Phi) is 4.85. The van der Waals surface area contributed by atoms with E-state index in [1.54, 1.807) is 55.5 Å². The summed E-state index contributed by atoms with van der Waals surface area (Å²) in [6, 6.07) is 15.6. The summed E-state index contributed by atoms with van der Waals surface area (Å²) in [6.45, 7) is 2.15. The summed E-state index contributed by atoms with van der Waals surface area (Å²) in [5, 5.41) is 17.8. The molecule has 1 amide bonds. The third-order valence-corrected chi connectivity index (χ3v) is 3.80. The van der Waals surface area contributed by atoms with Crippen LogP contribution in [0.15, 0.2) is 58.4 Å². The van der Waals surface area contributed by atoms with E-state index in [0.29, 0.717) is 22.9 Å². The summed E-state index contributed by atoms with van der Waals surface area (Å²) in [6.07, 6.45) is 1.47. The molecule has 0 radical (unpaired) electrons. The highest BCUT2D eigenvalue weighted by Crippen LogP contribution is 2.13. The minimum Gasteiger partial charge on any atom is -0.267 e. The fourth-order valence-corrected chi connectivity index (χ4v) is 2.48. The number of hydrogen-bond acceptors (Lipinski definition) is 5. The number of aryl methyl sites for hydroxylation is 1. The molecule has 0 unspecified atom stereocenters. The first kappa shape index (κ1) is 17.0. The normalized spacial score (nSPS) is 10.8. The van der Waals surface area contributed by atoms with E-state index in [9.17, 15) is 9.59 Å². The molecule has 0 atom stereocenters. The average Bonchev–Trinajstić information content (AvgIpc) is 2.69. The van der Waals surface area contributed by atoms with Crippen molar-refractivity contribution < 1.29 is 4.79 Å². The van der Waals surface area contributed by atoms with E-state index in [2.05, 4.69) is 15.6 Å². The highest BCUT2D eigenvalue weighted by molar-refractivity contribution is 6.04. The molecule has 2 aromatic carbocycles. The Bertz CT molecular complexity index is 1090. The molecule has 1 aromatic heterocycles. The second kappa shape index (κ2) is 7.40. The molecule has 1 heterocycles. The SMILES string of the molecule is CCn1nc(C(=O)N/N=C/c2ccc(C#N)cc2)c2ccccc2c1=O. The zero-order valence-electron chi connectivity index (χ0n) is 14.0. The smallest absolute Gasteiger partial charge is 0.267 e. The van der Waals surface area contributed by atoms with Crippen molar-refractivity contribution in [2.45, 2.75) is 13.5 Å². The van der Waals surface area contributed by atoms with Gasteiger partial charge in [-0.3, -0.25) is 9.59 Å². The summed E-state index contributed by atoms with van der Waals surface area (Å²) in [5.74, 6) is -0.506. The van der Waals surface area contributed by atoms with Gasteiger partial charge in [-0.1, -0.05) is 30.3 Å². The van der Waals surface area contributed by atoms with E-state index in [4.69, 9.17) is 5.26 Å². The van der Waals surface area contributed by atoms with Gasteiger partial charge in [-0.2, -0.15) is 15.5 Å². The third-order valence-electron chi connectivity index (χ3n) is 3.80. The molecule has 7 heteroatoms. The molecule has 0 aliphatic carbocycles. The number of rotatable bonds is 4. The van der Waals surface area contributed by atoms with Crippen LogP contribution in [0.4, 0.5) is 0 Å². The number of aromatic nitrogens is 2. The lowest BCUT2D eigenvalue weighted by Crippen LogP contribution is -2.28. The van der Waals surface area contributed by atoms with Gasteiger partial charge in [0.2, 0.25) is 0 Å². The number of carbonyl (C=O) groups excluding carboxylic acids is 1. The summed E-state index contributed by atoms with van der Waals surface area (Å²) >= 11 is 0. The van der Waals surface area contributed by atoms with E-state index < -0.39 is 5.91 Å². The first-order valence-electron chi connectivity index (χ1n) is 7.97. The number of fused-ring (bicyclic) bond motifs is 1. The van der Waals surface area contributed by atoms with E-state index >= 15 is 0 Å². The van der Waals surface area contributed by atoms with Crippen LogP contribution in [-0.4, -0.2) is 21.9 Å². The van der Waals surface area contributed by atoms with Gasteiger partial charge in [-0.05, 0) is 30.7 Å². The molecule has 0 spiro atoms. The predicted octanol–water partition coefficient (Wildman–Crippen LogP) is 2.05. The van der Waals surface area contributed by atoms with E-state index in [1.165, 1.54) is 10.9 Å². The van der Waals surface area contributed by atoms with E-state index in [1.807, 2.05) is 6.07 Å². The Labute approximate surface area is 149 Å². The van der Waals surface area contributed by atoms with Crippen LogP contribution in [0, 0.1) is 11.3 Å². The largest absolute Gasteiger partial charge is 0.292 e. The van der Waals surface area contributed by atoms with Gasteiger partial charge in [0.05, 0.1) is 23.2 Å². The second-order valence-corrected chi connectivity index (χ2v) is 5.45. The zero-order chi connectivity index (χ0) is 18.5. The highest BCUT2D eigenvalue weighted by atomic mass is 16.2. The van der Waals surface area contributed by atoms with Gasteiger partial charge in [0, 0.05) is 11.9 Å². The van der Waals surface area contributed by atoms with Crippen LogP contribution in [0.2, 0.25) is 0 Å². The average molecular weight is 345 g/mol. The summed E-state index contributed by atoms with van der Waals surface area (Å²) < 4.78 is 1.25. The molecule has 0 aliphatic heterocycles. The molecule has 1 N–H and O–H groups in total. The van der Waals surface area contributed by atoms with Crippen molar-refractivity contribution in [1.82, 2.24) is 15.2 Å². The Hall–Kier alpha value is -3.79.